The molecule has 0 fully saturated rings. The number of aliphatic hydroxyl groups excluding tert-OH is 1. The Balaban J connectivity index is 2.62. The third-order valence-corrected chi connectivity index (χ3v) is 4.05. The third-order valence-electron chi connectivity index (χ3n) is 3.52. The molecule has 0 bridgehead atoms. The number of halogens is 1. The third kappa shape index (κ3) is 3.26. The summed E-state index contributed by atoms with van der Waals surface area (Å²) in [5, 5.41) is 18.5. The summed E-state index contributed by atoms with van der Waals surface area (Å²) in [7, 11) is 0. The van der Waals surface area contributed by atoms with Crippen LogP contribution in [0.4, 0.5) is 5.69 Å². The van der Waals surface area contributed by atoms with Crippen molar-refractivity contribution in [1.82, 2.24) is 0 Å². The number of hydrogen-bond acceptors (Lipinski definition) is 4. The zero-order valence-electron chi connectivity index (χ0n) is 13.6. The van der Waals surface area contributed by atoms with E-state index in [2.05, 4.69) is 15.9 Å². The molecule has 4 N–H and O–H groups in total. The van der Waals surface area contributed by atoms with E-state index in [-0.39, 0.29) is 22.9 Å². The van der Waals surface area contributed by atoms with E-state index in [1.54, 1.807) is 45.0 Å². The standard InChI is InChI=1S/C17H18BrN3O3/c1-17(2,3)12(22)8-11-14(23)13(16(20)24)15(19)21(11)10-6-4-9(18)5-7-10/h4-8,19,23H,1-3H3,(H2,20,24). The predicted molar refractivity (Wildman–Crippen MR) is 95.7 cm³/mol. The number of amides is 1. The molecule has 0 unspecified atom stereocenters. The molecule has 1 amide bonds. The molecule has 126 valence electrons. The molecule has 1 aliphatic rings. The van der Waals surface area contributed by atoms with Gasteiger partial charge >= 0.3 is 0 Å². The van der Waals surface area contributed by atoms with Crippen LogP contribution in [0.2, 0.25) is 0 Å². The van der Waals surface area contributed by atoms with E-state index in [4.69, 9.17) is 11.1 Å². The van der Waals surface area contributed by atoms with Crippen LogP contribution in [0.3, 0.4) is 0 Å². The van der Waals surface area contributed by atoms with Crippen molar-refractivity contribution in [3.05, 3.63) is 51.8 Å². The average Bonchev–Trinajstić information content (AvgIpc) is 2.70. The molecule has 0 atom stereocenters. The largest absolute Gasteiger partial charge is 0.505 e. The van der Waals surface area contributed by atoms with Crippen LogP contribution in [-0.4, -0.2) is 22.6 Å². The van der Waals surface area contributed by atoms with Gasteiger partial charge in [0.2, 0.25) is 0 Å². The summed E-state index contributed by atoms with van der Waals surface area (Å²) in [4.78, 5) is 25.3. The van der Waals surface area contributed by atoms with Gasteiger partial charge in [0.15, 0.2) is 11.5 Å². The molecule has 0 saturated heterocycles. The maximum absolute atomic E-state index is 12.3. The minimum absolute atomic E-state index is 0.0658. The van der Waals surface area contributed by atoms with Crippen LogP contribution in [0.5, 0.6) is 0 Å². The maximum atomic E-state index is 12.3. The molecule has 1 heterocycles. The predicted octanol–water partition coefficient (Wildman–Crippen LogP) is 3.04. The number of nitrogens with one attached hydrogen (secondary N) is 1. The van der Waals surface area contributed by atoms with E-state index in [0.717, 1.165) is 4.47 Å². The van der Waals surface area contributed by atoms with Crippen molar-refractivity contribution in [3.63, 3.8) is 0 Å². The summed E-state index contributed by atoms with van der Waals surface area (Å²) < 4.78 is 0.834. The zero-order chi connectivity index (χ0) is 18.2. The van der Waals surface area contributed by atoms with E-state index in [1.165, 1.54) is 11.0 Å². The monoisotopic (exact) mass is 391 g/mol. The summed E-state index contributed by atoms with van der Waals surface area (Å²) >= 11 is 3.32. The Morgan fingerprint density at radius 1 is 1.25 bits per heavy atom. The number of allylic oxidation sites excluding steroid dienone is 1. The van der Waals surface area contributed by atoms with Gasteiger partial charge in [-0.15, -0.1) is 0 Å². The number of hydrogen-bond donors (Lipinski definition) is 3. The first kappa shape index (κ1) is 17.9. The fraction of sp³-hybridized carbons (Fsp3) is 0.235. The summed E-state index contributed by atoms with van der Waals surface area (Å²) in [5.41, 5.74) is 4.89. The fourth-order valence-corrected chi connectivity index (χ4v) is 2.41. The van der Waals surface area contributed by atoms with E-state index in [1.807, 2.05) is 0 Å². The highest BCUT2D eigenvalue weighted by Gasteiger charge is 2.37. The number of anilines is 1. The lowest BCUT2D eigenvalue weighted by molar-refractivity contribution is -0.121. The highest BCUT2D eigenvalue weighted by molar-refractivity contribution is 9.10. The first-order valence-corrected chi connectivity index (χ1v) is 7.97. The first-order chi connectivity index (χ1) is 11.0. The number of carbonyl (C=O) groups excluding carboxylic acids is 2. The van der Waals surface area contributed by atoms with Crippen LogP contribution >= 0.6 is 15.9 Å². The number of aliphatic hydroxyl groups is 1. The maximum Gasteiger partial charge on any atom is 0.256 e. The number of nitrogens with zero attached hydrogens (tertiary/aromatic N) is 1. The number of carbonyl (C=O) groups is 2. The van der Waals surface area contributed by atoms with Crippen molar-refractivity contribution in [3.8, 4) is 0 Å². The molecule has 0 aromatic heterocycles. The minimum Gasteiger partial charge on any atom is -0.505 e. The molecule has 1 aromatic carbocycles. The number of primary amides is 1. The van der Waals surface area contributed by atoms with Gasteiger partial charge in [-0.3, -0.25) is 19.9 Å². The minimum atomic E-state index is -0.925. The Kier molecular flexibility index (Phi) is 4.66. The Bertz CT molecular complexity index is 786. The number of rotatable bonds is 3. The van der Waals surface area contributed by atoms with Gasteiger partial charge < -0.3 is 10.8 Å². The normalized spacial score (nSPS) is 16.9. The van der Waals surface area contributed by atoms with Crippen molar-refractivity contribution in [2.75, 3.05) is 4.90 Å². The van der Waals surface area contributed by atoms with Crippen LogP contribution in [-0.2, 0) is 9.59 Å². The number of amidine groups is 1. The van der Waals surface area contributed by atoms with Crippen LogP contribution < -0.4 is 10.6 Å². The van der Waals surface area contributed by atoms with Crippen LogP contribution in [0, 0.1) is 10.8 Å². The highest BCUT2D eigenvalue weighted by Crippen LogP contribution is 2.34. The van der Waals surface area contributed by atoms with Gasteiger partial charge in [0, 0.05) is 21.7 Å². The Labute approximate surface area is 148 Å². The van der Waals surface area contributed by atoms with Gasteiger partial charge in [0.1, 0.15) is 11.4 Å². The van der Waals surface area contributed by atoms with E-state index < -0.39 is 17.1 Å². The molecule has 0 spiro atoms. The highest BCUT2D eigenvalue weighted by atomic mass is 79.9. The second kappa shape index (κ2) is 6.24. The zero-order valence-corrected chi connectivity index (χ0v) is 15.1. The van der Waals surface area contributed by atoms with Crippen molar-refractivity contribution >= 4 is 39.1 Å². The topological polar surface area (TPSA) is 107 Å². The molecule has 7 heteroatoms. The molecule has 0 saturated carbocycles. The number of benzene rings is 1. The van der Waals surface area contributed by atoms with Crippen molar-refractivity contribution in [1.29, 1.82) is 5.41 Å². The van der Waals surface area contributed by atoms with Crippen LogP contribution in [0.1, 0.15) is 20.8 Å². The summed E-state index contributed by atoms with van der Waals surface area (Å²) in [6.07, 6.45) is 1.24. The number of nitrogens with two attached hydrogens (primary N) is 1. The van der Waals surface area contributed by atoms with Crippen LogP contribution in [0.15, 0.2) is 51.8 Å². The Morgan fingerprint density at radius 3 is 2.25 bits per heavy atom. The summed E-state index contributed by atoms with van der Waals surface area (Å²) in [5.74, 6) is -1.90. The average molecular weight is 392 g/mol. The van der Waals surface area contributed by atoms with Crippen molar-refractivity contribution < 1.29 is 14.7 Å². The molecule has 0 radical (unpaired) electrons. The molecule has 2 rings (SSSR count). The lowest BCUT2D eigenvalue weighted by atomic mass is 9.90. The molecule has 24 heavy (non-hydrogen) atoms. The van der Waals surface area contributed by atoms with E-state index in [0.29, 0.717) is 5.69 Å². The van der Waals surface area contributed by atoms with Crippen molar-refractivity contribution in [2.45, 2.75) is 20.8 Å². The van der Waals surface area contributed by atoms with Gasteiger partial charge in [-0.25, -0.2) is 0 Å². The van der Waals surface area contributed by atoms with Gasteiger partial charge in [-0.05, 0) is 24.3 Å². The second-order valence-corrected chi connectivity index (χ2v) is 7.31. The summed E-state index contributed by atoms with van der Waals surface area (Å²) in [6.45, 7) is 5.23. The van der Waals surface area contributed by atoms with E-state index >= 15 is 0 Å². The van der Waals surface area contributed by atoms with Gasteiger partial charge in [-0.2, -0.15) is 0 Å². The smallest absolute Gasteiger partial charge is 0.256 e. The fourth-order valence-electron chi connectivity index (χ4n) is 2.14. The second-order valence-electron chi connectivity index (χ2n) is 6.39. The Hall–Kier alpha value is -2.41. The first-order valence-electron chi connectivity index (χ1n) is 7.18. The summed E-state index contributed by atoms with van der Waals surface area (Å²) in [6, 6.07) is 6.91. The van der Waals surface area contributed by atoms with Gasteiger partial charge in [0.25, 0.3) is 5.91 Å². The van der Waals surface area contributed by atoms with Crippen LogP contribution in [0.25, 0.3) is 0 Å². The lowest BCUT2D eigenvalue weighted by Gasteiger charge is -2.22. The van der Waals surface area contributed by atoms with Gasteiger partial charge in [0.05, 0.1) is 5.70 Å². The lowest BCUT2D eigenvalue weighted by Crippen LogP contribution is -2.30. The molecule has 1 aliphatic heterocycles. The SMILES string of the molecule is CC(C)(C)C(=O)C=C1C(O)=C(C(N)=O)C(=N)N1c1ccc(Br)cc1. The Morgan fingerprint density at radius 2 is 1.79 bits per heavy atom. The van der Waals surface area contributed by atoms with E-state index in [9.17, 15) is 14.7 Å². The molecular formula is C17H18BrN3O3. The molecular weight excluding hydrogens is 374 g/mol. The molecule has 6 nitrogen and oxygen atoms in total. The number of ketones is 1. The van der Waals surface area contributed by atoms with Crippen molar-refractivity contribution in [2.24, 2.45) is 11.1 Å². The molecule has 0 aliphatic carbocycles. The van der Waals surface area contributed by atoms with Gasteiger partial charge in [-0.1, -0.05) is 36.7 Å². The molecule has 1 aromatic rings. The quantitative estimate of drug-likeness (QED) is 0.687.